The van der Waals surface area contributed by atoms with Crippen LogP contribution in [0.2, 0.25) is 0 Å². The molecule has 1 rings (SSSR count). The Morgan fingerprint density at radius 1 is 1.31 bits per heavy atom. The van der Waals surface area contributed by atoms with Gasteiger partial charge in [-0.05, 0) is 31.6 Å². The van der Waals surface area contributed by atoms with Crippen molar-refractivity contribution in [3.05, 3.63) is 0 Å². The van der Waals surface area contributed by atoms with Crippen LogP contribution in [0.15, 0.2) is 0 Å². The van der Waals surface area contributed by atoms with E-state index in [2.05, 4.69) is 13.8 Å². The van der Waals surface area contributed by atoms with E-state index in [1.54, 1.807) is 0 Å². The van der Waals surface area contributed by atoms with Crippen molar-refractivity contribution in [2.24, 2.45) is 5.92 Å². The molecule has 1 nitrogen and oxygen atoms in total. The zero-order valence-corrected chi connectivity index (χ0v) is 9.22. The average Bonchev–Trinajstić information content (AvgIpc) is 2.08. The number of hydrogen-bond donors (Lipinski definition) is 0. The molecule has 1 aliphatic carbocycles. The summed E-state index contributed by atoms with van der Waals surface area (Å²) < 4.78 is 5.83. The highest BCUT2D eigenvalue weighted by Gasteiger charge is 2.19. The molecule has 0 amide bonds. The lowest BCUT2D eigenvalue weighted by Gasteiger charge is -2.27. The van der Waals surface area contributed by atoms with Gasteiger partial charge in [-0.3, -0.25) is 0 Å². The minimum atomic E-state index is 0.621. The lowest BCUT2D eigenvalue weighted by Crippen LogP contribution is -2.24. The minimum absolute atomic E-state index is 0.621. The maximum Gasteiger partial charge on any atom is 0.0575 e. The first-order chi connectivity index (χ1) is 6.36. The first kappa shape index (κ1) is 11.0. The van der Waals surface area contributed by atoms with E-state index in [4.69, 9.17) is 4.74 Å². The van der Waals surface area contributed by atoms with Crippen LogP contribution in [0.1, 0.15) is 58.8 Å². The van der Waals surface area contributed by atoms with Crippen molar-refractivity contribution >= 4 is 0 Å². The van der Waals surface area contributed by atoms with Crippen LogP contribution in [0.3, 0.4) is 0 Å². The van der Waals surface area contributed by atoms with Gasteiger partial charge in [0.15, 0.2) is 0 Å². The molecule has 1 fully saturated rings. The summed E-state index contributed by atoms with van der Waals surface area (Å²) in [5, 5.41) is 0. The number of ether oxygens (including phenoxy) is 1. The highest BCUT2D eigenvalue weighted by molar-refractivity contribution is 4.70. The summed E-state index contributed by atoms with van der Waals surface area (Å²) in [6.45, 7) is 5.56. The second-order valence-electron chi connectivity index (χ2n) is 4.30. The third-order valence-corrected chi connectivity index (χ3v) is 3.16. The smallest absolute Gasteiger partial charge is 0.0575 e. The standard InChI is InChI=1S/C12H24O/c1-3-5-7-11(4-2)10-13-12-8-6-9-12/h11-12H,3-10H2,1-2H3. The fourth-order valence-electron chi connectivity index (χ4n) is 1.71. The lowest BCUT2D eigenvalue weighted by atomic mass is 9.95. The van der Waals surface area contributed by atoms with Crippen molar-refractivity contribution in [3.63, 3.8) is 0 Å². The minimum Gasteiger partial charge on any atom is -0.378 e. The second-order valence-corrected chi connectivity index (χ2v) is 4.30. The first-order valence-corrected chi connectivity index (χ1v) is 5.98. The van der Waals surface area contributed by atoms with E-state index >= 15 is 0 Å². The molecule has 0 saturated heterocycles. The molecule has 1 heteroatoms. The van der Waals surface area contributed by atoms with Gasteiger partial charge in [0.2, 0.25) is 0 Å². The first-order valence-electron chi connectivity index (χ1n) is 5.98. The third kappa shape index (κ3) is 4.12. The van der Waals surface area contributed by atoms with E-state index in [9.17, 15) is 0 Å². The van der Waals surface area contributed by atoms with Gasteiger partial charge in [-0.2, -0.15) is 0 Å². The van der Waals surface area contributed by atoms with Crippen molar-refractivity contribution in [1.29, 1.82) is 0 Å². The zero-order valence-electron chi connectivity index (χ0n) is 9.22. The van der Waals surface area contributed by atoms with Gasteiger partial charge in [-0.1, -0.05) is 33.1 Å². The Hall–Kier alpha value is -0.0400. The van der Waals surface area contributed by atoms with Gasteiger partial charge >= 0.3 is 0 Å². The van der Waals surface area contributed by atoms with E-state index in [0.29, 0.717) is 6.10 Å². The summed E-state index contributed by atoms with van der Waals surface area (Å²) in [5.41, 5.74) is 0. The summed E-state index contributed by atoms with van der Waals surface area (Å²) in [6.07, 6.45) is 9.96. The normalized spacial score (nSPS) is 19.8. The van der Waals surface area contributed by atoms with E-state index in [-0.39, 0.29) is 0 Å². The molecule has 0 radical (unpaired) electrons. The maximum absolute atomic E-state index is 5.83. The molecule has 0 aromatic carbocycles. The molecule has 0 spiro atoms. The van der Waals surface area contributed by atoms with Crippen molar-refractivity contribution in [2.75, 3.05) is 6.61 Å². The summed E-state index contributed by atoms with van der Waals surface area (Å²) in [4.78, 5) is 0. The van der Waals surface area contributed by atoms with Crippen molar-refractivity contribution in [3.8, 4) is 0 Å². The van der Waals surface area contributed by atoms with Crippen molar-refractivity contribution < 1.29 is 4.74 Å². The Morgan fingerprint density at radius 3 is 2.54 bits per heavy atom. The molecular formula is C12H24O. The van der Waals surface area contributed by atoms with Crippen LogP contribution in [0.25, 0.3) is 0 Å². The molecule has 0 heterocycles. The Morgan fingerprint density at radius 2 is 2.08 bits per heavy atom. The summed E-state index contributed by atoms with van der Waals surface area (Å²) >= 11 is 0. The molecule has 0 aromatic heterocycles. The molecular weight excluding hydrogens is 160 g/mol. The van der Waals surface area contributed by atoms with E-state index in [1.165, 1.54) is 44.9 Å². The molecule has 1 saturated carbocycles. The molecule has 1 aliphatic rings. The van der Waals surface area contributed by atoms with Gasteiger partial charge in [0.05, 0.1) is 6.10 Å². The lowest BCUT2D eigenvalue weighted by molar-refractivity contribution is -0.0178. The van der Waals surface area contributed by atoms with Crippen LogP contribution in [0, 0.1) is 5.92 Å². The SMILES string of the molecule is CCCCC(CC)COC1CCC1. The highest BCUT2D eigenvalue weighted by Crippen LogP contribution is 2.23. The van der Waals surface area contributed by atoms with Crippen molar-refractivity contribution in [2.45, 2.75) is 64.9 Å². The zero-order chi connectivity index (χ0) is 9.52. The average molecular weight is 184 g/mol. The Labute approximate surface area is 82.9 Å². The van der Waals surface area contributed by atoms with Crippen LogP contribution >= 0.6 is 0 Å². The predicted octanol–water partition coefficient (Wildman–Crippen LogP) is 3.77. The molecule has 13 heavy (non-hydrogen) atoms. The fraction of sp³-hybridized carbons (Fsp3) is 1.00. The molecule has 0 aromatic rings. The van der Waals surface area contributed by atoms with E-state index < -0.39 is 0 Å². The Bertz CT molecular complexity index is 118. The molecule has 0 N–H and O–H groups in total. The summed E-state index contributed by atoms with van der Waals surface area (Å²) in [5.74, 6) is 0.820. The van der Waals surface area contributed by atoms with Crippen LogP contribution in [-0.4, -0.2) is 12.7 Å². The predicted molar refractivity (Wildman–Crippen MR) is 56.9 cm³/mol. The van der Waals surface area contributed by atoms with Gasteiger partial charge < -0.3 is 4.74 Å². The van der Waals surface area contributed by atoms with E-state index in [1.807, 2.05) is 0 Å². The molecule has 1 atom stereocenters. The molecule has 0 bridgehead atoms. The number of hydrogen-bond acceptors (Lipinski definition) is 1. The van der Waals surface area contributed by atoms with Crippen molar-refractivity contribution in [1.82, 2.24) is 0 Å². The van der Waals surface area contributed by atoms with E-state index in [0.717, 1.165) is 12.5 Å². The van der Waals surface area contributed by atoms with Crippen LogP contribution in [-0.2, 0) is 4.74 Å². The number of rotatable bonds is 7. The van der Waals surface area contributed by atoms with Crippen LogP contribution in [0.4, 0.5) is 0 Å². The fourth-order valence-corrected chi connectivity index (χ4v) is 1.71. The van der Waals surface area contributed by atoms with Gasteiger partial charge in [0.25, 0.3) is 0 Å². The second kappa shape index (κ2) is 6.42. The van der Waals surface area contributed by atoms with Gasteiger partial charge in [-0.15, -0.1) is 0 Å². The highest BCUT2D eigenvalue weighted by atomic mass is 16.5. The molecule has 0 aliphatic heterocycles. The summed E-state index contributed by atoms with van der Waals surface area (Å²) in [7, 11) is 0. The Balaban J connectivity index is 2.00. The third-order valence-electron chi connectivity index (χ3n) is 3.16. The van der Waals surface area contributed by atoms with Gasteiger partial charge in [-0.25, -0.2) is 0 Å². The largest absolute Gasteiger partial charge is 0.378 e. The Kier molecular flexibility index (Phi) is 5.45. The maximum atomic E-state index is 5.83. The number of unbranched alkanes of at least 4 members (excludes halogenated alkanes) is 1. The van der Waals surface area contributed by atoms with Gasteiger partial charge in [0.1, 0.15) is 0 Å². The monoisotopic (exact) mass is 184 g/mol. The quantitative estimate of drug-likeness (QED) is 0.585. The van der Waals surface area contributed by atoms with Gasteiger partial charge in [0, 0.05) is 6.61 Å². The summed E-state index contributed by atoms with van der Waals surface area (Å²) in [6, 6.07) is 0. The van der Waals surface area contributed by atoms with Crippen LogP contribution < -0.4 is 0 Å². The molecule has 78 valence electrons. The molecule has 1 unspecified atom stereocenters. The topological polar surface area (TPSA) is 9.23 Å². The van der Waals surface area contributed by atoms with Crippen LogP contribution in [0.5, 0.6) is 0 Å².